The summed E-state index contributed by atoms with van der Waals surface area (Å²) >= 11 is 1.54. The highest BCUT2D eigenvalue weighted by atomic mass is 32.1. The van der Waals surface area contributed by atoms with Gasteiger partial charge in [-0.25, -0.2) is 9.67 Å². The van der Waals surface area contributed by atoms with Crippen molar-refractivity contribution in [1.82, 2.24) is 19.7 Å². The molecule has 0 radical (unpaired) electrons. The number of para-hydroxylation sites is 2. The number of rotatable bonds is 7. The summed E-state index contributed by atoms with van der Waals surface area (Å²) in [7, 11) is 0. The Morgan fingerprint density at radius 2 is 1.78 bits per heavy atom. The van der Waals surface area contributed by atoms with Crippen LogP contribution in [-0.4, -0.2) is 38.0 Å². The second kappa shape index (κ2) is 9.57. The standard InChI is InChI=1S/C24H23N5O2S/c1-3-28(17(2)30)16-18-10-7-8-13-20(18)25-24(31)22-26-23(21-14-9-15-32-21)29(27-22)19-11-5-4-6-12-19/h4-15H,3,16H2,1-2H3,(H,25,31). The Morgan fingerprint density at radius 1 is 1.03 bits per heavy atom. The molecule has 2 aromatic carbocycles. The fourth-order valence-electron chi connectivity index (χ4n) is 3.33. The van der Waals surface area contributed by atoms with Crippen LogP contribution in [0.25, 0.3) is 16.4 Å². The van der Waals surface area contributed by atoms with E-state index in [-0.39, 0.29) is 11.7 Å². The molecular weight excluding hydrogens is 422 g/mol. The maximum atomic E-state index is 13.1. The Balaban J connectivity index is 1.65. The maximum Gasteiger partial charge on any atom is 0.295 e. The maximum absolute atomic E-state index is 13.1. The summed E-state index contributed by atoms with van der Waals surface area (Å²) < 4.78 is 1.68. The first-order chi connectivity index (χ1) is 15.6. The van der Waals surface area contributed by atoms with Gasteiger partial charge in [-0.1, -0.05) is 42.5 Å². The van der Waals surface area contributed by atoms with E-state index in [0.29, 0.717) is 24.6 Å². The molecule has 0 bridgehead atoms. The molecule has 162 valence electrons. The Kier molecular flexibility index (Phi) is 6.42. The van der Waals surface area contributed by atoms with Crippen LogP contribution < -0.4 is 5.32 Å². The molecule has 0 unspecified atom stereocenters. The van der Waals surface area contributed by atoms with E-state index in [9.17, 15) is 9.59 Å². The number of nitrogens with one attached hydrogen (secondary N) is 1. The molecule has 4 rings (SSSR count). The molecular formula is C24H23N5O2S. The molecule has 0 fully saturated rings. The average molecular weight is 446 g/mol. The van der Waals surface area contributed by atoms with Gasteiger partial charge in [0.05, 0.1) is 10.6 Å². The molecule has 2 heterocycles. The van der Waals surface area contributed by atoms with Crippen LogP contribution in [0.3, 0.4) is 0 Å². The number of thiophene rings is 1. The minimum absolute atomic E-state index is 0.0162. The van der Waals surface area contributed by atoms with Gasteiger partial charge in [-0.15, -0.1) is 16.4 Å². The highest BCUT2D eigenvalue weighted by Gasteiger charge is 2.20. The van der Waals surface area contributed by atoms with Gasteiger partial charge in [-0.2, -0.15) is 0 Å². The van der Waals surface area contributed by atoms with Crippen molar-refractivity contribution in [3.05, 3.63) is 83.5 Å². The number of hydrogen-bond donors (Lipinski definition) is 1. The topological polar surface area (TPSA) is 80.1 Å². The minimum atomic E-state index is -0.407. The molecule has 0 saturated carbocycles. The van der Waals surface area contributed by atoms with Gasteiger partial charge in [0.15, 0.2) is 5.82 Å². The summed E-state index contributed by atoms with van der Waals surface area (Å²) in [4.78, 5) is 32.1. The van der Waals surface area contributed by atoms with E-state index in [1.165, 1.54) is 18.3 Å². The monoisotopic (exact) mass is 445 g/mol. The van der Waals surface area contributed by atoms with Crippen LogP contribution in [0.2, 0.25) is 0 Å². The molecule has 2 aromatic heterocycles. The number of anilines is 1. The van der Waals surface area contributed by atoms with Crippen molar-refractivity contribution in [3.8, 4) is 16.4 Å². The van der Waals surface area contributed by atoms with Gasteiger partial charge in [0.1, 0.15) is 0 Å². The molecule has 0 saturated heterocycles. The summed E-state index contributed by atoms with van der Waals surface area (Å²) in [5.74, 6) is 0.262. The lowest BCUT2D eigenvalue weighted by molar-refractivity contribution is -0.129. The van der Waals surface area contributed by atoms with E-state index >= 15 is 0 Å². The first-order valence-electron chi connectivity index (χ1n) is 10.3. The van der Waals surface area contributed by atoms with Crippen LogP contribution in [0.1, 0.15) is 30.0 Å². The first kappa shape index (κ1) is 21.5. The fraction of sp³-hybridized carbons (Fsp3) is 0.167. The summed E-state index contributed by atoms with van der Waals surface area (Å²) in [5, 5.41) is 9.39. The van der Waals surface area contributed by atoms with Crippen molar-refractivity contribution < 1.29 is 9.59 Å². The van der Waals surface area contributed by atoms with Crippen LogP contribution in [0.15, 0.2) is 72.1 Å². The smallest absolute Gasteiger partial charge is 0.295 e. The predicted molar refractivity (Wildman–Crippen MR) is 126 cm³/mol. The second-order valence-electron chi connectivity index (χ2n) is 7.13. The van der Waals surface area contributed by atoms with Gasteiger partial charge in [-0.05, 0) is 42.1 Å². The van der Waals surface area contributed by atoms with E-state index in [0.717, 1.165) is 16.1 Å². The largest absolute Gasteiger partial charge is 0.339 e. The molecule has 7 nitrogen and oxygen atoms in total. The zero-order chi connectivity index (χ0) is 22.5. The summed E-state index contributed by atoms with van der Waals surface area (Å²) in [6.45, 7) is 4.46. The van der Waals surface area contributed by atoms with Crippen molar-refractivity contribution >= 4 is 28.8 Å². The number of carbonyl (C=O) groups excluding carboxylic acids is 2. The Labute approximate surface area is 190 Å². The SMILES string of the molecule is CCN(Cc1ccccc1NC(=O)c1nc(-c2cccs2)n(-c2ccccc2)n1)C(C)=O. The van der Waals surface area contributed by atoms with Gasteiger partial charge < -0.3 is 10.2 Å². The number of aromatic nitrogens is 3. The quantitative estimate of drug-likeness (QED) is 0.450. The average Bonchev–Trinajstić information content (AvgIpc) is 3.49. The van der Waals surface area contributed by atoms with E-state index in [1.54, 1.807) is 9.58 Å². The van der Waals surface area contributed by atoms with Crippen LogP contribution in [0.5, 0.6) is 0 Å². The molecule has 1 N–H and O–H groups in total. The lowest BCUT2D eigenvalue weighted by atomic mass is 10.1. The first-order valence-corrected chi connectivity index (χ1v) is 11.2. The summed E-state index contributed by atoms with van der Waals surface area (Å²) in [6, 6.07) is 20.9. The van der Waals surface area contributed by atoms with Crippen molar-refractivity contribution in [2.75, 3.05) is 11.9 Å². The molecule has 4 aromatic rings. The van der Waals surface area contributed by atoms with Gasteiger partial charge >= 0.3 is 0 Å². The van der Waals surface area contributed by atoms with Gasteiger partial charge in [0, 0.05) is 25.7 Å². The van der Waals surface area contributed by atoms with Crippen LogP contribution >= 0.6 is 11.3 Å². The molecule has 0 aliphatic carbocycles. The third kappa shape index (κ3) is 4.60. The minimum Gasteiger partial charge on any atom is -0.339 e. The van der Waals surface area contributed by atoms with E-state index < -0.39 is 5.91 Å². The van der Waals surface area contributed by atoms with Gasteiger partial charge in [0.2, 0.25) is 11.7 Å². The Hall–Kier alpha value is -3.78. The molecule has 0 atom stereocenters. The van der Waals surface area contributed by atoms with E-state index in [2.05, 4.69) is 15.4 Å². The van der Waals surface area contributed by atoms with Crippen molar-refractivity contribution in [2.45, 2.75) is 20.4 Å². The third-order valence-corrected chi connectivity index (χ3v) is 5.87. The highest BCUT2D eigenvalue weighted by Crippen LogP contribution is 2.26. The Bertz CT molecular complexity index is 1220. The zero-order valence-corrected chi connectivity index (χ0v) is 18.7. The van der Waals surface area contributed by atoms with Crippen LogP contribution in [-0.2, 0) is 11.3 Å². The molecule has 0 aliphatic heterocycles. The van der Waals surface area contributed by atoms with Crippen molar-refractivity contribution in [3.63, 3.8) is 0 Å². The third-order valence-electron chi connectivity index (χ3n) is 5.01. The highest BCUT2D eigenvalue weighted by molar-refractivity contribution is 7.13. The summed E-state index contributed by atoms with van der Waals surface area (Å²) in [6.07, 6.45) is 0. The van der Waals surface area contributed by atoms with E-state index in [4.69, 9.17) is 0 Å². The summed E-state index contributed by atoms with van der Waals surface area (Å²) in [5.41, 5.74) is 2.30. The second-order valence-corrected chi connectivity index (χ2v) is 8.08. The Morgan fingerprint density at radius 3 is 2.47 bits per heavy atom. The number of benzene rings is 2. The normalized spacial score (nSPS) is 10.7. The van der Waals surface area contributed by atoms with Crippen molar-refractivity contribution in [2.24, 2.45) is 0 Å². The number of carbonyl (C=O) groups is 2. The molecule has 2 amide bonds. The van der Waals surface area contributed by atoms with Gasteiger partial charge in [0.25, 0.3) is 5.91 Å². The number of hydrogen-bond acceptors (Lipinski definition) is 5. The van der Waals surface area contributed by atoms with Crippen molar-refractivity contribution in [1.29, 1.82) is 0 Å². The van der Waals surface area contributed by atoms with Crippen LogP contribution in [0, 0.1) is 0 Å². The fourth-order valence-corrected chi connectivity index (χ4v) is 4.03. The number of amides is 2. The molecule has 0 spiro atoms. The van der Waals surface area contributed by atoms with E-state index in [1.807, 2.05) is 79.0 Å². The molecule has 32 heavy (non-hydrogen) atoms. The lowest BCUT2D eigenvalue weighted by Crippen LogP contribution is -2.28. The molecule has 8 heteroatoms. The van der Waals surface area contributed by atoms with Gasteiger partial charge in [-0.3, -0.25) is 9.59 Å². The number of nitrogens with zero attached hydrogens (tertiary/aromatic N) is 4. The lowest BCUT2D eigenvalue weighted by Gasteiger charge is -2.20. The zero-order valence-electron chi connectivity index (χ0n) is 17.9. The van der Waals surface area contributed by atoms with Crippen LogP contribution in [0.4, 0.5) is 5.69 Å². The molecule has 0 aliphatic rings. The predicted octanol–water partition coefficient (Wildman–Crippen LogP) is 4.62.